The van der Waals surface area contributed by atoms with E-state index in [1.54, 1.807) is 18.5 Å². The van der Waals surface area contributed by atoms with E-state index in [1.807, 2.05) is 10.6 Å². The highest BCUT2D eigenvalue weighted by Gasteiger charge is 2.16. The van der Waals surface area contributed by atoms with E-state index in [4.69, 9.17) is 0 Å². The predicted octanol–water partition coefficient (Wildman–Crippen LogP) is 2.24. The molecule has 0 amide bonds. The van der Waals surface area contributed by atoms with Gasteiger partial charge in [-0.25, -0.2) is 0 Å². The van der Waals surface area contributed by atoms with E-state index < -0.39 is 0 Å². The second-order valence-electron chi connectivity index (χ2n) is 5.39. The van der Waals surface area contributed by atoms with Gasteiger partial charge < -0.3 is 14.4 Å². The molecule has 0 bridgehead atoms. The summed E-state index contributed by atoms with van der Waals surface area (Å²) in [6.45, 7) is 11.4. The summed E-state index contributed by atoms with van der Waals surface area (Å²) in [5.41, 5.74) is 2.16. The van der Waals surface area contributed by atoms with Crippen LogP contribution in [0.15, 0.2) is 41.8 Å². The van der Waals surface area contributed by atoms with Crippen LogP contribution in [0.1, 0.15) is 6.92 Å². The molecule has 0 aliphatic carbocycles. The first-order chi connectivity index (χ1) is 10.2. The Morgan fingerprint density at radius 2 is 1.95 bits per heavy atom. The quantitative estimate of drug-likeness (QED) is 0.865. The average molecular weight is 283 g/mol. The van der Waals surface area contributed by atoms with E-state index in [9.17, 15) is 4.79 Å². The van der Waals surface area contributed by atoms with E-state index in [2.05, 4.69) is 35.4 Å². The van der Waals surface area contributed by atoms with Gasteiger partial charge in [-0.3, -0.25) is 4.79 Å². The van der Waals surface area contributed by atoms with E-state index in [1.165, 1.54) is 5.69 Å². The van der Waals surface area contributed by atoms with Crippen molar-refractivity contribution in [1.29, 1.82) is 0 Å². The highest BCUT2D eigenvalue weighted by atomic mass is 16.1. The minimum absolute atomic E-state index is 0.0606. The molecule has 1 aromatic carbocycles. The van der Waals surface area contributed by atoms with Gasteiger partial charge in [0.25, 0.3) is 0 Å². The van der Waals surface area contributed by atoms with Crippen molar-refractivity contribution in [3.63, 3.8) is 0 Å². The molecule has 1 saturated heterocycles. The summed E-state index contributed by atoms with van der Waals surface area (Å²) in [4.78, 5) is 16.8. The molecule has 0 atom stereocenters. The van der Waals surface area contributed by atoms with Gasteiger partial charge >= 0.3 is 0 Å². The third-order valence-electron chi connectivity index (χ3n) is 4.29. The molecule has 4 heteroatoms. The zero-order chi connectivity index (χ0) is 14.8. The summed E-state index contributed by atoms with van der Waals surface area (Å²) in [5, 5.41) is 0.744. The van der Waals surface area contributed by atoms with E-state index in [0.717, 1.165) is 43.6 Å². The number of hydrogen-bond acceptors (Lipinski definition) is 3. The lowest BCUT2D eigenvalue weighted by molar-refractivity contribution is 0.271. The molecule has 2 aromatic rings. The molecule has 110 valence electrons. The maximum Gasteiger partial charge on any atom is 0.189 e. The molecule has 4 nitrogen and oxygen atoms in total. The Morgan fingerprint density at radius 3 is 2.62 bits per heavy atom. The highest BCUT2D eigenvalue weighted by molar-refractivity contribution is 5.84. The van der Waals surface area contributed by atoms with Gasteiger partial charge in [0, 0.05) is 55.7 Å². The first-order valence-electron chi connectivity index (χ1n) is 7.47. The number of hydrogen-bond donors (Lipinski definition) is 0. The SMILES string of the molecule is C=Cn1ccc(=O)c2ccc(N3CCN(CC)CC3)cc21. The molecule has 1 aliphatic rings. The van der Waals surface area contributed by atoms with Crippen LogP contribution in [0, 0.1) is 0 Å². The lowest BCUT2D eigenvalue weighted by Crippen LogP contribution is -2.46. The standard InChI is InChI=1S/C17H21N3O/c1-3-18-9-11-20(12-10-18)14-5-6-15-16(13-14)19(4-2)8-7-17(15)21/h4-8,13H,2-3,9-12H2,1H3. The topological polar surface area (TPSA) is 28.5 Å². The number of piperazine rings is 1. The van der Waals surface area contributed by atoms with Gasteiger partial charge in [0.15, 0.2) is 5.43 Å². The molecular formula is C17H21N3O. The van der Waals surface area contributed by atoms with Crippen LogP contribution >= 0.6 is 0 Å². The summed E-state index contributed by atoms with van der Waals surface area (Å²) >= 11 is 0. The Morgan fingerprint density at radius 1 is 1.19 bits per heavy atom. The third-order valence-corrected chi connectivity index (χ3v) is 4.29. The lowest BCUT2D eigenvalue weighted by atomic mass is 10.1. The van der Waals surface area contributed by atoms with Gasteiger partial charge in [-0.15, -0.1) is 0 Å². The van der Waals surface area contributed by atoms with Crippen LogP contribution in [0.25, 0.3) is 17.1 Å². The van der Waals surface area contributed by atoms with E-state index >= 15 is 0 Å². The largest absolute Gasteiger partial charge is 0.369 e. The minimum Gasteiger partial charge on any atom is -0.369 e. The van der Waals surface area contributed by atoms with E-state index in [-0.39, 0.29) is 5.43 Å². The maximum absolute atomic E-state index is 11.9. The highest BCUT2D eigenvalue weighted by Crippen LogP contribution is 2.21. The fraction of sp³-hybridized carbons (Fsp3) is 0.353. The number of likely N-dealkylation sites (N-methyl/N-ethyl adjacent to an activating group) is 1. The molecule has 1 fully saturated rings. The van der Waals surface area contributed by atoms with E-state index in [0.29, 0.717) is 0 Å². The second kappa shape index (κ2) is 5.74. The average Bonchev–Trinajstić information content (AvgIpc) is 2.55. The van der Waals surface area contributed by atoms with Crippen molar-refractivity contribution in [2.24, 2.45) is 0 Å². The first-order valence-corrected chi connectivity index (χ1v) is 7.47. The molecule has 21 heavy (non-hydrogen) atoms. The molecule has 0 N–H and O–H groups in total. The number of benzene rings is 1. The second-order valence-corrected chi connectivity index (χ2v) is 5.39. The molecule has 0 radical (unpaired) electrons. The van der Waals surface area contributed by atoms with Gasteiger partial charge in [-0.2, -0.15) is 0 Å². The van der Waals surface area contributed by atoms with Gasteiger partial charge in [-0.1, -0.05) is 13.5 Å². The van der Waals surface area contributed by atoms with Crippen molar-refractivity contribution in [3.8, 4) is 0 Å². The van der Waals surface area contributed by atoms with Crippen molar-refractivity contribution in [3.05, 3.63) is 47.3 Å². The third kappa shape index (κ3) is 2.59. The predicted molar refractivity (Wildman–Crippen MR) is 88.9 cm³/mol. The number of nitrogens with zero attached hydrogens (tertiary/aromatic N) is 3. The number of aromatic nitrogens is 1. The smallest absolute Gasteiger partial charge is 0.189 e. The monoisotopic (exact) mass is 283 g/mol. The zero-order valence-electron chi connectivity index (χ0n) is 12.5. The summed E-state index contributed by atoms with van der Waals surface area (Å²) in [7, 11) is 0. The molecule has 0 unspecified atom stereocenters. The Hall–Kier alpha value is -2.07. The van der Waals surface area contributed by atoms with Crippen molar-refractivity contribution >= 4 is 22.8 Å². The van der Waals surface area contributed by atoms with Crippen LogP contribution in [0.5, 0.6) is 0 Å². The van der Waals surface area contributed by atoms with Crippen molar-refractivity contribution in [2.45, 2.75) is 6.92 Å². The summed E-state index contributed by atoms with van der Waals surface area (Å²) < 4.78 is 1.91. The molecule has 2 heterocycles. The van der Waals surface area contributed by atoms with Crippen molar-refractivity contribution in [1.82, 2.24) is 9.47 Å². The van der Waals surface area contributed by atoms with Gasteiger partial charge in [0.2, 0.25) is 0 Å². The maximum atomic E-state index is 11.9. The van der Waals surface area contributed by atoms with Gasteiger partial charge in [0.1, 0.15) is 0 Å². The lowest BCUT2D eigenvalue weighted by Gasteiger charge is -2.35. The molecule has 0 saturated carbocycles. The van der Waals surface area contributed by atoms with Crippen LogP contribution in [-0.2, 0) is 0 Å². The fourth-order valence-electron chi connectivity index (χ4n) is 2.94. The number of pyridine rings is 1. The minimum atomic E-state index is 0.0606. The molecular weight excluding hydrogens is 262 g/mol. The Kier molecular flexibility index (Phi) is 3.80. The van der Waals surface area contributed by atoms with Crippen LogP contribution in [0.4, 0.5) is 5.69 Å². The number of rotatable bonds is 3. The summed E-state index contributed by atoms with van der Waals surface area (Å²) in [6.07, 6.45) is 3.51. The summed E-state index contributed by atoms with van der Waals surface area (Å²) in [6, 6.07) is 7.67. The van der Waals surface area contributed by atoms with Gasteiger partial charge in [-0.05, 0) is 24.7 Å². The zero-order valence-corrected chi connectivity index (χ0v) is 12.5. The van der Waals surface area contributed by atoms with Crippen molar-refractivity contribution in [2.75, 3.05) is 37.6 Å². The van der Waals surface area contributed by atoms with Crippen LogP contribution in [0.2, 0.25) is 0 Å². The number of fused-ring (bicyclic) bond motifs is 1. The summed E-state index contributed by atoms with van der Waals surface area (Å²) in [5.74, 6) is 0. The van der Waals surface area contributed by atoms with Crippen molar-refractivity contribution < 1.29 is 0 Å². The van der Waals surface area contributed by atoms with Crippen LogP contribution < -0.4 is 10.3 Å². The molecule has 1 aromatic heterocycles. The molecule has 3 rings (SSSR count). The normalized spacial score (nSPS) is 16.3. The molecule has 1 aliphatic heterocycles. The molecule has 0 spiro atoms. The van der Waals surface area contributed by atoms with Crippen LogP contribution in [-0.4, -0.2) is 42.2 Å². The Balaban J connectivity index is 1.98. The first kappa shape index (κ1) is 13.9. The van der Waals surface area contributed by atoms with Gasteiger partial charge in [0.05, 0.1) is 5.52 Å². The Bertz CT molecular complexity index is 712. The fourth-order valence-corrected chi connectivity index (χ4v) is 2.94. The van der Waals surface area contributed by atoms with Crippen LogP contribution in [0.3, 0.4) is 0 Å². The Labute approximate surface area is 124 Å². The number of anilines is 1.